The van der Waals surface area contributed by atoms with Gasteiger partial charge in [0.25, 0.3) is 6.43 Å². The summed E-state index contributed by atoms with van der Waals surface area (Å²) in [5.41, 5.74) is 2.73. The van der Waals surface area contributed by atoms with Gasteiger partial charge in [0.15, 0.2) is 0 Å². The van der Waals surface area contributed by atoms with Gasteiger partial charge in [-0.15, -0.1) is 0 Å². The Hall–Kier alpha value is -2.64. The van der Waals surface area contributed by atoms with Crippen molar-refractivity contribution >= 4 is 11.7 Å². The molecule has 1 fully saturated rings. The predicted molar refractivity (Wildman–Crippen MR) is 115 cm³/mol. The number of methoxy groups -OCH3 is 1. The van der Waals surface area contributed by atoms with Gasteiger partial charge >= 0.3 is 0 Å². The highest BCUT2D eigenvalue weighted by Gasteiger charge is 2.38. The number of likely N-dealkylation sites (tertiary alicyclic amines) is 1. The van der Waals surface area contributed by atoms with Gasteiger partial charge in [0.05, 0.1) is 19.2 Å². The van der Waals surface area contributed by atoms with Crippen molar-refractivity contribution in [2.24, 2.45) is 5.92 Å². The van der Waals surface area contributed by atoms with E-state index in [9.17, 15) is 13.6 Å². The summed E-state index contributed by atoms with van der Waals surface area (Å²) in [6.07, 6.45) is -0.0989. The van der Waals surface area contributed by atoms with Crippen LogP contribution in [0.5, 0.6) is 5.75 Å². The normalized spacial score (nSPS) is 21.7. The van der Waals surface area contributed by atoms with Gasteiger partial charge in [-0.25, -0.2) is 13.5 Å². The van der Waals surface area contributed by atoms with Crippen LogP contribution in [0.2, 0.25) is 0 Å². The molecule has 1 aromatic heterocycles. The third-order valence-electron chi connectivity index (χ3n) is 6.57. The van der Waals surface area contributed by atoms with E-state index in [2.05, 4.69) is 10.4 Å². The van der Waals surface area contributed by atoms with Gasteiger partial charge < -0.3 is 15.0 Å². The van der Waals surface area contributed by atoms with Crippen LogP contribution >= 0.6 is 0 Å². The number of ether oxygens (including phenoxy) is 1. The molecule has 1 aromatic carbocycles. The lowest BCUT2D eigenvalue weighted by Crippen LogP contribution is -2.46. The molecule has 2 aliphatic heterocycles. The van der Waals surface area contributed by atoms with Crippen molar-refractivity contribution in [3.05, 3.63) is 41.1 Å². The number of alkyl halides is 2. The second-order valence-corrected chi connectivity index (χ2v) is 8.70. The molecule has 0 saturated carbocycles. The second kappa shape index (κ2) is 8.85. The Morgan fingerprint density at radius 2 is 2.00 bits per heavy atom. The first kappa shape index (κ1) is 21.6. The van der Waals surface area contributed by atoms with Gasteiger partial charge in [-0.3, -0.25) is 4.79 Å². The fourth-order valence-corrected chi connectivity index (χ4v) is 4.89. The molecule has 2 aromatic rings. The minimum absolute atomic E-state index is 0.0240. The molecule has 3 heterocycles. The van der Waals surface area contributed by atoms with E-state index in [-0.39, 0.29) is 17.9 Å². The third-order valence-corrected chi connectivity index (χ3v) is 6.57. The van der Waals surface area contributed by atoms with Gasteiger partial charge in [-0.05, 0) is 56.2 Å². The number of fused-ring (bicyclic) bond motifs is 1. The van der Waals surface area contributed by atoms with Crippen molar-refractivity contribution in [3.8, 4) is 5.75 Å². The van der Waals surface area contributed by atoms with Crippen LogP contribution < -0.4 is 10.1 Å². The largest absolute Gasteiger partial charge is 0.496 e. The minimum Gasteiger partial charge on any atom is -0.496 e. The Labute approximate surface area is 181 Å². The highest BCUT2D eigenvalue weighted by Crippen LogP contribution is 2.37. The van der Waals surface area contributed by atoms with Crippen molar-refractivity contribution in [2.75, 3.05) is 25.5 Å². The summed E-state index contributed by atoms with van der Waals surface area (Å²) in [7, 11) is 1.64. The van der Waals surface area contributed by atoms with E-state index in [1.54, 1.807) is 7.11 Å². The van der Waals surface area contributed by atoms with Crippen LogP contribution in [0.25, 0.3) is 0 Å². The van der Waals surface area contributed by atoms with Gasteiger partial charge in [0.2, 0.25) is 5.91 Å². The third kappa shape index (κ3) is 4.52. The Balaban J connectivity index is 1.35. The fourth-order valence-electron chi connectivity index (χ4n) is 4.89. The van der Waals surface area contributed by atoms with Crippen molar-refractivity contribution < 1.29 is 18.3 Å². The molecule has 8 heteroatoms. The standard InChI is InChI=1S/C23H30F2N4O2/c1-14-10-16(4-5-20(14)31-3)12-22(30)28-8-6-17(7-9-28)18-13-19(23(24)25)29-21(26-18)11-15(2)27-29/h4-5,10-11,17-19,23,26H,6-9,12-13H2,1-3H3/t18-,19+/m0/s1. The number of piperidine rings is 1. The first-order valence-corrected chi connectivity index (χ1v) is 10.9. The van der Waals surface area contributed by atoms with Gasteiger partial charge in [-0.1, -0.05) is 12.1 Å². The molecule has 1 saturated heterocycles. The van der Waals surface area contributed by atoms with E-state index in [0.717, 1.165) is 35.4 Å². The molecule has 0 spiro atoms. The lowest BCUT2D eigenvalue weighted by Gasteiger charge is -2.40. The maximum absolute atomic E-state index is 13.7. The first-order chi connectivity index (χ1) is 14.9. The van der Waals surface area contributed by atoms with Crippen LogP contribution in [-0.2, 0) is 11.2 Å². The number of aromatic nitrogens is 2. The summed E-state index contributed by atoms with van der Waals surface area (Å²) in [4.78, 5) is 14.7. The second-order valence-electron chi connectivity index (χ2n) is 8.70. The zero-order chi connectivity index (χ0) is 22.1. The van der Waals surface area contributed by atoms with E-state index in [1.165, 1.54) is 4.68 Å². The summed E-state index contributed by atoms with van der Waals surface area (Å²) in [6, 6.07) is 6.72. The number of rotatable bonds is 5. The first-order valence-electron chi connectivity index (χ1n) is 10.9. The molecule has 168 valence electrons. The molecule has 1 N–H and O–H groups in total. The number of carbonyl (C=O) groups is 1. The topological polar surface area (TPSA) is 59.4 Å². The smallest absolute Gasteiger partial charge is 0.260 e. The number of anilines is 1. The van der Waals surface area contributed by atoms with E-state index < -0.39 is 12.5 Å². The van der Waals surface area contributed by atoms with Crippen molar-refractivity contribution in [1.29, 1.82) is 0 Å². The highest BCUT2D eigenvalue weighted by molar-refractivity contribution is 5.79. The molecule has 0 unspecified atom stereocenters. The molecule has 4 rings (SSSR count). The van der Waals surface area contributed by atoms with Crippen LogP contribution in [0.4, 0.5) is 14.6 Å². The average Bonchev–Trinajstić information content (AvgIpc) is 3.13. The molecule has 31 heavy (non-hydrogen) atoms. The van der Waals surface area contributed by atoms with Crippen molar-refractivity contribution in [3.63, 3.8) is 0 Å². The number of nitrogens with zero attached hydrogens (tertiary/aromatic N) is 3. The number of hydrogen-bond donors (Lipinski definition) is 1. The SMILES string of the molecule is COc1ccc(CC(=O)N2CCC([C@@H]3C[C@H](C(F)F)n4nc(C)cc4N3)CC2)cc1C. The van der Waals surface area contributed by atoms with Gasteiger partial charge in [-0.2, -0.15) is 5.10 Å². The van der Waals surface area contributed by atoms with Gasteiger partial charge in [0.1, 0.15) is 17.6 Å². The lowest BCUT2D eigenvalue weighted by molar-refractivity contribution is -0.131. The van der Waals surface area contributed by atoms with Crippen molar-refractivity contribution in [1.82, 2.24) is 14.7 Å². The molecule has 6 nitrogen and oxygen atoms in total. The average molecular weight is 433 g/mol. The van der Waals surface area contributed by atoms with Crippen LogP contribution in [0.3, 0.4) is 0 Å². The number of halogens is 2. The summed E-state index contributed by atoms with van der Waals surface area (Å²) in [5.74, 6) is 1.86. The maximum Gasteiger partial charge on any atom is 0.260 e. The van der Waals surface area contributed by atoms with E-state index >= 15 is 0 Å². The zero-order valence-corrected chi connectivity index (χ0v) is 18.3. The molecule has 1 amide bonds. The maximum atomic E-state index is 13.7. The number of hydrogen-bond acceptors (Lipinski definition) is 4. The van der Waals surface area contributed by atoms with Crippen LogP contribution in [0, 0.1) is 19.8 Å². The molecule has 0 bridgehead atoms. The summed E-state index contributed by atoms with van der Waals surface area (Å²) < 4.78 is 34.0. The Morgan fingerprint density at radius 1 is 1.26 bits per heavy atom. The van der Waals surface area contributed by atoms with Crippen molar-refractivity contribution in [2.45, 2.75) is 58.0 Å². The highest BCUT2D eigenvalue weighted by atomic mass is 19.3. The number of aryl methyl sites for hydroxylation is 2. The number of nitrogens with one attached hydrogen (secondary N) is 1. The molecule has 2 aliphatic rings. The fraction of sp³-hybridized carbons (Fsp3) is 0.565. The number of amides is 1. The van der Waals surface area contributed by atoms with E-state index in [0.29, 0.717) is 31.7 Å². The van der Waals surface area contributed by atoms with Crippen LogP contribution in [0.15, 0.2) is 24.3 Å². The Kier molecular flexibility index (Phi) is 6.16. The summed E-state index contributed by atoms with van der Waals surface area (Å²) >= 11 is 0. The van der Waals surface area contributed by atoms with Crippen LogP contribution in [0.1, 0.15) is 42.1 Å². The predicted octanol–water partition coefficient (Wildman–Crippen LogP) is 3.98. The molecular formula is C23H30F2N4O2. The Morgan fingerprint density at radius 3 is 2.65 bits per heavy atom. The van der Waals surface area contributed by atoms with Gasteiger partial charge in [0, 0.05) is 25.2 Å². The minimum atomic E-state index is -2.45. The molecular weight excluding hydrogens is 402 g/mol. The van der Waals surface area contributed by atoms with E-state index in [1.807, 2.05) is 43.0 Å². The quantitative estimate of drug-likeness (QED) is 0.777. The molecule has 2 atom stereocenters. The molecule has 0 radical (unpaired) electrons. The summed E-state index contributed by atoms with van der Waals surface area (Å²) in [5, 5.41) is 7.66. The monoisotopic (exact) mass is 432 g/mol. The number of carbonyl (C=O) groups excluding carboxylic acids is 1. The molecule has 0 aliphatic carbocycles. The van der Waals surface area contributed by atoms with E-state index in [4.69, 9.17) is 4.74 Å². The summed E-state index contributed by atoms with van der Waals surface area (Å²) in [6.45, 7) is 5.11. The Bertz CT molecular complexity index is 938. The zero-order valence-electron chi connectivity index (χ0n) is 18.3. The lowest BCUT2D eigenvalue weighted by atomic mass is 9.85. The van der Waals surface area contributed by atoms with Crippen LogP contribution in [-0.4, -0.2) is 53.3 Å². The number of benzene rings is 1.